The van der Waals surface area contributed by atoms with Gasteiger partial charge in [0.05, 0.1) is 6.61 Å². The summed E-state index contributed by atoms with van der Waals surface area (Å²) >= 11 is 6.27. The number of benzene rings is 2. The zero-order valence-electron chi connectivity index (χ0n) is 27.4. The largest absolute Gasteiger partial charge is 0.394 e. The van der Waals surface area contributed by atoms with E-state index in [1.165, 1.54) is 22.5 Å². The van der Waals surface area contributed by atoms with Gasteiger partial charge in [0, 0.05) is 29.5 Å². The maximum atomic E-state index is 9.88. The molecular weight excluding hydrogens is 641 g/mol. The Morgan fingerprint density at radius 3 is 2.27 bits per heavy atom. The lowest BCUT2D eigenvalue weighted by atomic mass is 10.0. The number of ether oxygens (including phenoxy) is 4. The van der Waals surface area contributed by atoms with E-state index in [-0.39, 0.29) is 37.5 Å². The minimum Gasteiger partial charge on any atom is -0.394 e. The van der Waals surface area contributed by atoms with Crippen LogP contribution in [-0.4, -0.2) is 118 Å². The predicted molar refractivity (Wildman–Crippen MR) is 185 cm³/mol. The lowest BCUT2D eigenvalue weighted by Gasteiger charge is -2.28. The van der Waals surface area contributed by atoms with Crippen molar-refractivity contribution in [3.63, 3.8) is 0 Å². The molecule has 5 unspecified atom stereocenters. The van der Waals surface area contributed by atoms with Gasteiger partial charge in [-0.3, -0.25) is 0 Å². The molecule has 0 bridgehead atoms. The highest BCUT2D eigenvalue weighted by molar-refractivity contribution is 6.30. The minimum atomic E-state index is -1.01. The van der Waals surface area contributed by atoms with Gasteiger partial charge in [-0.2, -0.15) is 0 Å². The first kappa shape index (κ1) is 40.0. The number of anilines is 2. The zero-order valence-corrected chi connectivity index (χ0v) is 29.7. The van der Waals surface area contributed by atoms with E-state index in [0.29, 0.717) is 6.61 Å². The molecule has 5 rings (SSSR count). The number of para-hydroxylation sites is 1. The molecule has 9 nitrogen and oxygen atoms in total. The van der Waals surface area contributed by atoms with Gasteiger partial charge in [-0.05, 0) is 110 Å². The summed E-state index contributed by atoms with van der Waals surface area (Å²) in [5.41, 5.74) is 5.43. The third-order valence-corrected chi connectivity index (χ3v) is 8.16. The Labute approximate surface area is 286 Å². The number of aliphatic hydroxyl groups is 2. The van der Waals surface area contributed by atoms with Crippen molar-refractivity contribution in [1.29, 1.82) is 0 Å². The van der Waals surface area contributed by atoms with Crippen LogP contribution in [-0.2, 0) is 31.8 Å². The second-order valence-electron chi connectivity index (χ2n) is 12.5. The molecule has 256 valence electrons. The van der Waals surface area contributed by atoms with E-state index in [1.807, 2.05) is 34.0 Å². The molecule has 0 radical (unpaired) electrons. The quantitative estimate of drug-likeness (QED) is 0.319. The molecule has 2 aromatic rings. The van der Waals surface area contributed by atoms with Crippen molar-refractivity contribution in [2.45, 2.75) is 76.0 Å². The fourth-order valence-electron chi connectivity index (χ4n) is 5.88. The molecule has 5 atom stereocenters. The summed E-state index contributed by atoms with van der Waals surface area (Å²) < 4.78 is 23.0. The van der Waals surface area contributed by atoms with Crippen LogP contribution < -0.4 is 4.90 Å². The average Bonchev–Trinajstić information content (AvgIpc) is 3.38. The Bertz CT molecular complexity index is 1170. The summed E-state index contributed by atoms with van der Waals surface area (Å²) in [5.74, 6) is -0.726. The minimum absolute atomic E-state index is 0. The molecule has 2 N–H and O–H groups in total. The summed E-state index contributed by atoms with van der Waals surface area (Å²) in [6.07, 6.45) is 1.13. The molecule has 3 aliphatic heterocycles. The maximum absolute atomic E-state index is 9.88. The van der Waals surface area contributed by atoms with Crippen LogP contribution in [0.25, 0.3) is 0 Å². The van der Waals surface area contributed by atoms with Crippen LogP contribution in [0.15, 0.2) is 42.5 Å². The molecule has 0 aliphatic carbocycles. The van der Waals surface area contributed by atoms with Crippen LogP contribution in [0.1, 0.15) is 37.8 Å². The van der Waals surface area contributed by atoms with Gasteiger partial charge in [0.2, 0.25) is 0 Å². The highest BCUT2D eigenvalue weighted by Crippen LogP contribution is 2.40. The molecule has 2 aromatic carbocycles. The van der Waals surface area contributed by atoms with Crippen molar-refractivity contribution < 1.29 is 29.2 Å². The number of aryl methyl sites for hydroxylation is 2. The monoisotopic (exact) mass is 691 g/mol. The lowest BCUT2D eigenvalue weighted by Crippen LogP contribution is -2.44. The second-order valence-corrected chi connectivity index (χ2v) is 13.0. The highest BCUT2D eigenvalue weighted by atomic mass is 35.5. The second kappa shape index (κ2) is 18.4. The van der Waals surface area contributed by atoms with Crippen molar-refractivity contribution >= 4 is 47.8 Å². The molecule has 3 aliphatic rings. The molecule has 3 heterocycles. The van der Waals surface area contributed by atoms with E-state index in [9.17, 15) is 5.11 Å². The smallest absolute Gasteiger partial charge is 0.190 e. The SMILES string of the molecule is CN(C)CCCN1c2ccccc2CCc2ccc(Cl)cc21.CN(C)CCCOC1C(C(O)CO)OC2OC(C)(C)OC21.Cl.Cl. The van der Waals surface area contributed by atoms with E-state index >= 15 is 0 Å². The standard InChI is InChI=1S/C19H23ClN2.C14H27NO6.2ClH/c1-21(2)12-5-13-22-18-7-4-3-6-15(18)8-9-16-10-11-17(20)14-19(16)22;1-14(2)20-12-11(18-7-5-6-15(3)4)10(9(17)8-16)19-13(12)21-14;;/h3-4,6-7,10-11,14H,5,8-9,12-13H2,1-2H3;9-13,16-17H,5-8H2,1-4H3;2*1H. The third-order valence-electron chi connectivity index (χ3n) is 7.92. The molecule has 0 amide bonds. The third kappa shape index (κ3) is 10.9. The van der Waals surface area contributed by atoms with Crippen molar-refractivity contribution in [2.24, 2.45) is 0 Å². The Morgan fingerprint density at radius 1 is 0.956 bits per heavy atom. The normalized spacial score (nSPS) is 23.6. The van der Waals surface area contributed by atoms with Gasteiger partial charge < -0.3 is 43.9 Å². The molecule has 45 heavy (non-hydrogen) atoms. The number of nitrogens with zero attached hydrogens (tertiary/aromatic N) is 3. The van der Waals surface area contributed by atoms with Crippen LogP contribution in [0.2, 0.25) is 5.02 Å². The van der Waals surface area contributed by atoms with E-state index in [1.54, 1.807) is 0 Å². The van der Waals surface area contributed by atoms with Crippen LogP contribution in [0, 0.1) is 0 Å². The number of aliphatic hydroxyl groups excluding tert-OH is 2. The van der Waals surface area contributed by atoms with Crippen LogP contribution >= 0.6 is 36.4 Å². The molecular formula is C33H52Cl3N3O6. The van der Waals surface area contributed by atoms with Gasteiger partial charge in [0.15, 0.2) is 12.1 Å². The van der Waals surface area contributed by atoms with Crippen LogP contribution in [0.4, 0.5) is 11.4 Å². The van der Waals surface area contributed by atoms with Gasteiger partial charge in [-0.25, -0.2) is 0 Å². The Hall–Kier alpha value is -1.21. The summed E-state index contributed by atoms with van der Waals surface area (Å²) in [6.45, 7) is 6.80. The first-order valence-electron chi connectivity index (χ1n) is 15.3. The topological polar surface area (TPSA) is 87.1 Å². The fraction of sp³-hybridized carbons (Fsp3) is 0.636. The first-order valence-corrected chi connectivity index (χ1v) is 15.7. The Balaban J connectivity index is 0.000000301. The molecule has 0 aromatic heterocycles. The van der Waals surface area contributed by atoms with Crippen LogP contribution in [0.3, 0.4) is 0 Å². The Kier molecular flexibility index (Phi) is 16.3. The Morgan fingerprint density at radius 2 is 1.60 bits per heavy atom. The van der Waals surface area contributed by atoms with Crippen molar-refractivity contribution in [3.8, 4) is 0 Å². The lowest BCUT2D eigenvalue weighted by molar-refractivity contribution is -0.231. The first-order chi connectivity index (χ1) is 20.5. The summed E-state index contributed by atoms with van der Waals surface area (Å²) in [7, 11) is 8.26. The van der Waals surface area contributed by atoms with E-state index in [0.717, 1.165) is 50.3 Å². The number of halogens is 3. The van der Waals surface area contributed by atoms with Gasteiger partial charge in [-0.1, -0.05) is 35.9 Å². The molecule has 0 spiro atoms. The number of hydrogen-bond donors (Lipinski definition) is 2. The van der Waals surface area contributed by atoms with E-state index < -0.39 is 30.4 Å². The molecule has 0 saturated carbocycles. The predicted octanol–water partition coefficient (Wildman–Crippen LogP) is 4.92. The molecule has 12 heteroatoms. The number of fused-ring (bicyclic) bond motifs is 3. The van der Waals surface area contributed by atoms with Gasteiger partial charge >= 0.3 is 0 Å². The highest BCUT2D eigenvalue weighted by Gasteiger charge is 2.56. The van der Waals surface area contributed by atoms with Gasteiger partial charge in [0.25, 0.3) is 0 Å². The van der Waals surface area contributed by atoms with Crippen molar-refractivity contribution in [1.82, 2.24) is 9.80 Å². The molecule has 2 saturated heterocycles. The zero-order chi connectivity index (χ0) is 31.1. The summed E-state index contributed by atoms with van der Waals surface area (Å²) in [4.78, 5) is 6.77. The van der Waals surface area contributed by atoms with Gasteiger partial charge in [-0.15, -0.1) is 24.8 Å². The van der Waals surface area contributed by atoms with Crippen molar-refractivity contribution in [2.75, 3.05) is 65.9 Å². The molecule has 2 fully saturated rings. The number of rotatable bonds is 11. The van der Waals surface area contributed by atoms with Gasteiger partial charge in [0.1, 0.15) is 24.4 Å². The van der Waals surface area contributed by atoms with Crippen LogP contribution in [0.5, 0.6) is 0 Å². The fourth-order valence-corrected chi connectivity index (χ4v) is 6.04. The maximum Gasteiger partial charge on any atom is 0.190 e. The average molecular weight is 693 g/mol. The number of hydrogen-bond acceptors (Lipinski definition) is 9. The summed E-state index contributed by atoms with van der Waals surface area (Å²) in [5, 5.41) is 19.8. The summed E-state index contributed by atoms with van der Waals surface area (Å²) in [6, 6.07) is 15.1. The van der Waals surface area contributed by atoms with Crippen molar-refractivity contribution in [3.05, 3.63) is 58.6 Å². The van der Waals surface area contributed by atoms with E-state index in [4.69, 9.17) is 35.7 Å². The van der Waals surface area contributed by atoms with E-state index in [2.05, 4.69) is 65.2 Å².